The molecule has 0 saturated carbocycles. The van der Waals surface area contributed by atoms with E-state index in [0.717, 1.165) is 30.5 Å². The smallest absolute Gasteiger partial charge is 0.410 e. The molecule has 2 aromatic heterocycles. The van der Waals surface area contributed by atoms with Crippen LogP contribution >= 0.6 is 0 Å². The van der Waals surface area contributed by atoms with E-state index in [0.29, 0.717) is 25.3 Å². The number of likely N-dealkylation sites (tertiary alicyclic amines) is 1. The summed E-state index contributed by atoms with van der Waals surface area (Å²) >= 11 is 0. The lowest BCUT2D eigenvalue weighted by atomic mass is 10.0. The van der Waals surface area contributed by atoms with Crippen LogP contribution in [-0.2, 0) is 17.8 Å². The molecule has 0 bridgehead atoms. The summed E-state index contributed by atoms with van der Waals surface area (Å²) in [4.78, 5) is 27.0. The summed E-state index contributed by atoms with van der Waals surface area (Å²) in [6.07, 6.45) is 6.95. The molecule has 8 heteroatoms. The maximum atomic E-state index is 12.9. The number of carbonyl (C=O) groups is 2. The molecule has 3 aromatic rings. The molecule has 1 fully saturated rings. The van der Waals surface area contributed by atoms with Gasteiger partial charge in [-0.05, 0) is 62.9 Å². The molecule has 0 radical (unpaired) electrons. The molecule has 4 rings (SSSR count). The zero-order valence-corrected chi connectivity index (χ0v) is 20.1. The third-order valence-corrected chi connectivity index (χ3v) is 5.90. The monoisotopic (exact) mass is 463 g/mol. The van der Waals surface area contributed by atoms with Crippen molar-refractivity contribution in [2.75, 3.05) is 13.1 Å². The number of hydrogen-bond donors (Lipinski definition) is 1. The number of piperidine rings is 1. The summed E-state index contributed by atoms with van der Waals surface area (Å²) < 4.78 is 9.40. The lowest BCUT2D eigenvalue weighted by Gasteiger charge is -2.34. The Labute approximate surface area is 200 Å². The quantitative estimate of drug-likeness (QED) is 0.593. The minimum atomic E-state index is -0.500. The zero-order valence-electron chi connectivity index (χ0n) is 20.1. The van der Waals surface area contributed by atoms with Crippen molar-refractivity contribution in [3.63, 3.8) is 0 Å². The predicted molar refractivity (Wildman–Crippen MR) is 129 cm³/mol. The van der Waals surface area contributed by atoms with Gasteiger partial charge in [0.1, 0.15) is 11.3 Å². The van der Waals surface area contributed by atoms with Crippen molar-refractivity contribution in [3.05, 3.63) is 77.9 Å². The number of aromatic nitrogens is 3. The van der Waals surface area contributed by atoms with Crippen molar-refractivity contribution < 1.29 is 14.3 Å². The predicted octanol–water partition coefficient (Wildman–Crippen LogP) is 4.23. The average molecular weight is 464 g/mol. The van der Waals surface area contributed by atoms with Crippen LogP contribution in [0.3, 0.4) is 0 Å². The molecule has 1 aliphatic rings. The lowest BCUT2D eigenvalue weighted by molar-refractivity contribution is 0.0187. The number of amides is 2. The van der Waals surface area contributed by atoms with Gasteiger partial charge in [0, 0.05) is 44.3 Å². The van der Waals surface area contributed by atoms with Gasteiger partial charge in [-0.3, -0.25) is 9.48 Å². The highest BCUT2D eigenvalue weighted by Crippen LogP contribution is 2.26. The first-order chi connectivity index (χ1) is 16.3. The molecule has 1 saturated heterocycles. The number of benzene rings is 1. The number of hydrogen-bond acceptors (Lipinski definition) is 4. The summed E-state index contributed by atoms with van der Waals surface area (Å²) in [6.45, 7) is 8.03. The van der Waals surface area contributed by atoms with E-state index >= 15 is 0 Å². The van der Waals surface area contributed by atoms with Crippen LogP contribution in [-0.4, -0.2) is 49.9 Å². The zero-order chi connectivity index (χ0) is 24.1. The minimum Gasteiger partial charge on any atom is -0.444 e. The number of ether oxygens (including phenoxy) is 1. The third-order valence-electron chi connectivity index (χ3n) is 5.90. The minimum absolute atomic E-state index is 0.0970. The standard InChI is InChI=1S/C26H33N5O3/c1-26(2,3)34-25(33)29-16-11-22(12-17-29)31-15-4-6-23(31)24(32)27-18-20-7-9-21(10-8-20)19-30-14-5-13-28-30/h4-10,13-15,22H,11-12,16-19H2,1-3H3,(H,27,32). The van der Waals surface area contributed by atoms with Gasteiger partial charge in [-0.1, -0.05) is 24.3 Å². The van der Waals surface area contributed by atoms with Crippen molar-refractivity contribution in [2.45, 2.75) is 58.3 Å². The van der Waals surface area contributed by atoms with Gasteiger partial charge >= 0.3 is 6.09 Å². The molecule has 3 heterocycles. The van der Waals surface area contributed by atoms with Crippen LogP contribution < -0.4 is 5.32 Å². The van der Waals surface area contributed by atoms with Crippen LogP contribution in [0, 0.1) is 0 Å². The third kappa shape index (κ3) is 6.07. The maximum Gasteiger partial charge on any atom is 0.410 e. The molecule has 8 nitrogen and oxygen atoms in total. The Morgan fingerprint density at radius 1 is 1.03 bits per heavy atom. The van der Waals surface area contributed by atoms with Crippen LogP contribution in [0.25, 0.3) is 0 Å². The van der Waals surface area contributed by atoms with Gasteiger partial charge in [-0.2, -0.15) is 5.10 Å². The van der Waals surface area contributed by atoms with Gasteiger partial charge in [0.15, 0.2) is 0 Å². The first-order valence-electron chi connectivity index (χ1n) is 11.8. The molecule has 1 aliphatic heterocycles. The van der Waals surface area contributed by atoms with Crippen LogP contribution in [0.4, 0.5) is 4.79 Å². The molecule has 34 heavy (non-hydrogen) atoms. The number of carbonyl (C=O) groups excluding carboxylic acids is 2. The highest BCUT2D eigenvalue weighted by molar-refractivity contribution is 5.92. The van der Waals surface area contributed by atoms with E-state index in [-0.39, 0.29) is 18.0 Å². The highest BCUT2D eigenvalue weighted by atomic mass is 16.6. The Morgan fingerprint density at radius 2 is 1.74 bits per heavy atom. The number of rotatable bonds is 6. The first kappa shape index (κ1) is 23.6. The molecule has 2 amide bonds. The summed E-state index contributed by atoms with van der Waals surface area (Å²) in [5, 5.41) is 7.26. The summed E-state index contributed by atoms with van der Waals surface area (Å²) in [6, 6.07) is 14.0. The Balaban J connectivity index is 1.29. The van der Waals surface area contributed by atoms with Gasteiger partial charge in [-0.25, -0.2) is 4.79 Å². The van der Waals surface area contributed by atoms with E-state index in [1.807, 2.05) is 72.7 Å². The molecule has 0 aliphatic carbocycles. The number of nitrogens with one attached hydrogen (secondary N) is 1. The SMILES string of the molecule is CC(C)(C)OC(=O)N1CCC(n2cccc2C(=O)NCc2ccc(Cn3cccn3)cc2)CC1. The largest absolute Gasteiger partial charge is 0.444 e. The van der Waals surface area contributed by atoms with E-state index in [4.69, 9.17) is 4.74 Å². The van der Waals surface area contributed by atoms with Gasteiger partial charge in [0.05, 0.1) is 6.54 Å². The van der Waals surface area contributed by atoms with Crippen molar-refractivity contribution >= 4 is 12.0 Å². The fourth-order valence-electron chi connectivity index (χ4n) is 4.17. The van der Waals surface area contributed by atoms with Gasteiger partial charge < -0.3 is 19.5 Å². The second-order valence-electron chi connectivity index (χ2n) is 9.70. The van der Waals surface area contributed by atoms with Gasteiger partial charge in [0.25, 0.3) is 5.91 Å². The molecule has 0 unspecified atom stereocenters. The van der Waals surface area contributed by atoms with Gasteiger partial charge in [-0.15, -0.1) is 0 Å². The molecule has 1 N–H and O–H groups in total. The van der Waals surface area contributed by atoms with E-state index in [9.17, 15) is 9.59 Å². The first-order valence-corrected chi connectivity index (χ1v) is 11.8. The second-order valence-corrected chi connectivity index (χ2v) is 9.70. The fourth-order valence-corrected chi connectivity index (χ4v) is 4.17. The highest BCUT2D eigenvalue weighted by Gasteiger charge is 2.28. The summed E-state index contributed by atoms with van der Waals surface area (Å²) in [7, 11) is 0. The van der Waals surface area contributed by atoms with Crippen molar-refractivity contribution in [3.8, 4) is 0 Å². The van der Waals surface area contributed by atoms with Crippen LogP contribution in [0.15, 0.2) is 61.1 Å². The Kier molecular flexibility index (Phi) is 7.05. The van der Waals surface area contributed by atoms with Gasteiger partial charge in [0.2, 0.25) is 0 Å². The molecule has 180 valence electrons. The molecule has 0 atom stereocenters. The molecule has 0 spiro atoms. The van der Waals surface area contributed by atoms with Crippen molar-refractivity contribution in [1.29, 1.82) is 0 Å². The Bertz CT molecular complexity index is 1090. The van der Waals surface area contributed by atoms with Crippen LogP contribution in [0.2, 0.25) is 0 Å². The summed E-state index contributed by atoms with van der Waals surface area (Å²) in [5.41, 5.74) is 2.34. The Morgan fingerprint density at radius 3 is 2.38 bits per heavy atom. The van der Waals surface area contributed by atoms with Crippen LogP contribution in [0.5, 0.6) is 0 Å². The molecule has 1 aromatic carbocycles. The second kappa shape index (κ2) is 10.2. The van der Waals surface area contributed by atoms with E-state index in [1.54, 1.807) is 11.1 Å². The average Bonchev–Trinajstić information content (AvgIpc) is 3.50. The normalized spacial score (nSPS) is 14.7. The topological polar surface area (TPSA) is 81.4 Å². The maximum absolute atomic E-state index is 12.9. The van der Waals surface area contributed by atoms with Crippen molar-refractivity contribution in [2.24, 2.45) is 0 Å². The molecular weight excluding hydrogens is 430 g/mol. The Hall–Kier alpha value is -3.55. The van der Waals surface area contributed by atoms with E-state index in [1.165, 1.54) is 0 Å². The van der Waals surface area contributed by atoms with E-state index < -0.39 is 5.60 Å². The molecular formula is C26H33N5O3. The van der Waals surface area contributed by atoms with Crippen molar-refractivity contribution in [1.82, 2.24) is 24.6 Å². The van der Waals surface area contributed by atoms with E-state index in [2.05, 4.69) is 22.5 Å². The lowest BCUT2D eigenvalue weighted by Crippen LogP contribution is -2.42. The number of nitrogens with zero attached hydrogens (tertiary/aromatic N) is 4. The summed E-state index contributed by atoms with van der Waals surface area (Å²) in [5.74, 6) is -0.0970. The van der Waals surface area contributed by atoms with Crippen LogP contribution in [0.1, 0.15) is 61.3 Å². The fraction of sp³-hybridized carbons (Fsp3) is 0.423.